The molecule has 0 aromatic heterocycles. The maximum atomic E-state index is 12.0. The Bertz CT molecular complexity index is 833. The first kappa shape index (κ1) is 18.5. The van der Waals surface area contributed by atoms with Gasteiger partial charge in [0.05, 0.1) is 10.5 Å². The summed E-state index contributed by atoms with van der Waals surface area (Å²) in [7, 11) is -4.03. The van der Waals surface area contributed by atoms with Gasteiger partial charge < -0.3 is 5.11 Å². The molecule has 24 heavy (non-hydrogen) atoms. The van der Waals surface area contributed by atoms with Crippen LogP contribution in [0.15, 0.2) is 52.3 Å². The van der Waals surface area contributed by atoms with Crippen LogP contribution in [-0.2, 0) is 16.4 Å². The highest BCUT2D eigenvalue weighted by molar-refractivity contribution is 7.99. The van der Waals surface area contributed by atoms with Gasteiger partial charge in [-0.2, -0.15) is 0 Å². The topological polar surface area (TPSA) is 97.5 Å². The third-order valence-electron chi connectivity index (χ3n) is 3.41. The maximum Gasteiger partial charge on any atom is 0.335 e. The number of nitrogens with two attached hydrogens (primary N) is 1. The van der Waals surface area contributed by atoms with E-state index in [1.807, 2.05) is 37.3 Å². The third-order valence-corrected chi connectivity index (χ3v) is 5.67. The number of aromatic carboxylic acids is 1. The molecule has 0 amide bonds. The Morgan fingerprint density at radius 1 is 1.21 bits per heavy atom. The van der Waals surface area contributed by atoms with Crippen LogP contribution in [0.3, 0.4) is 0 Å². The zero-order chi connectivity index (χ0) is 17.7. The summed E-state index contributed by atoms with van der Waals surface area (Å²) in [6.45, 7) is 2.01. The molecule has 2 aromatic carbocycles. The normalized spacial score (nSPS) is 11.4. The van der Waals surface area contributed by atoms with E-state index in [0.717, 1.165) is 23.8 Å². The Morgan fingerprint density at radius 3 is 2.42 bits per heavy atom. The number of primary sulfonamides is 1. The lowest BCUT2D eigenvalue weighted by atomic mass is 10.0. The molecule has 7 heteroatoms. The van der Waals surface area contributed by atoms with Crippen molar-refractivity contribution in [1.82, 2.24) is 0 Å². The molecule has 0 unspecified atom stereocenters. The average molecular weight is 365 g/mol. The molecular formula is C17H19NO4S2. The van der Waals surface area contributed by atoms with Crippen molar-refractivity contribution in [2.45, 2.75) is 29.6 Å². The van der Waals surface area contributed by atoms with E-state index in [4.69, 9.17) is 5.14 Å². The number of carbonyl (C=O) groups is 1. The molecule has 0 saturated carbocycles. The molecule has 0 atom stereocenters. The Kier molecular flexibility index (Phi) is 6.04. The van der Waals surface area contributed by atoms with Crippen molar-refractivity contribution in [3.63, 3.8) is 0 Å². The lowest BCUT2D eigenvalue weighted by Gasteiger charge is -2.15. The van der Waals surface area contributed by atoms with Gasteiger partial charge in [-0.3, -0.25) is 0 Å². The summed E-state index contributed by atoms with van der Waals surface area (Å²) < 4.78 is 24.0. The molecule has 0 aliphatic carbocycles. The molecule has 0 aliphatic heterocycles. The number of thioether (sulfide) groups is 1. The third kappa shape index (κ3) is 4.59. The van der Waals surface area contributed by atoms with Crippen LogP contribution >= 0.6 is 11.8 Å². The van der Waals surface area contributed by atoms with Crippen molar-refractivity contribution < 1.29 is 18.3 Å². The summed E-state index contributed by atoms with van der Waals surface area (Å²) in [5.74, 6) is -0.418. The van der Waals surface area contributed by atoms with Crippen molar-refractivity contribution in [2.24, 2.45) is 5.14 Å². The highest BCUT2D eigenvalue weighted by Crippen LogP contribution is 2.32. The van der Waals surface area contributed by atoms with E-state index in [1.165, 1.54) is 17.8 Å². The molecular weight excluding hydrogens is 346 g/mol. The van der Waals surface area contributed by atoms with Crippen LogP contribution in [0, 0.1) is 0 Å². The SMILES string of the molecule is CCCSc1cc(C(=O)O)cc(S(N)(=O)=O)c1Cc1ccccc1. The van der Waals surface area contributed by atoms with Crippen molar-refractivity contribution in [1.29, 1.82) is 0 Å². The van der Waals surface area contributed by atoms with Gasteiger partial charge in [0.1, 0.15) is 0 Å². The number of rotatable bonds is 7. The average Bonchev–Trinajstić information content (AvgIpc) is 2.53. The minimum Gasteiger partial charge on any atom is -0.478 e. The second kappa shape index (κ2) is 7.83. The molecule has 2 rings (SSSR count). The molecule has 2 aromatic rings. The van der Waals surface area contributed by atoms with Gasteiger partial charge in [0.2, 0.25) is 10.0 Å². The van der Waals surface area contributed by atoms with Crippen LogP contribution in [0.25, 0.3) is 0 Å². The van der Waals surface area contributed by atoms with Gasteiger partial charge in [0.25, 0.3) is 0 Å². The predicted molar refractivity (Wildman–Crippen MR) is 95.0 cm³/mol. The van der Waals surface area contributed by atoms with Crippen molar-refractivity contribution >= 4 is 27.8 Å². The number of benzene rings is 2. The van der Waals surface area contributed by atoms with Gasteiger partial charge in [-0.15, -0.1) is 11.8 Å². The van der Waals surface area contributed by atoms with Crippen LogP contribution in [0.2, 0.25) is 0 Å². The van der Waals surface area contributed by atoms with E-state index in [1.54, 1.807) is 0 Å². The first-order valence-corrected chi connectivity index (χ1v) is 9.96. The fourth-order valence-electron chi connectivity index (χ4n) is 2.31. The summed E-state index contributed by atoms with van der Waals surface area (Å²) in [6.07, 6.45) is 1.26. The molecule has 5 nitrogen and oxygen atoms in total. The quantitative estimate of drug-likeness (QED) is 0.735. The van der Waals surface area contributed by atoms with E-state index in [-0.39, 0.29) is 10.5 Å². The van der Waals surface area contributed by atoms with Crippen molar-refractivity contribution in [3.8, 4) is 0 Å². The fraction of sp³-hybridized carbons (Fsp3) is 0.235. The Morgan fingerprint density at radius 2 is 1.88 bits per heavy atom. The number of hydrogen-bond acceptors (Lipinski definition) is 4. The van der Waals surface area contributed by atoms with Crippen molar-refractivity contribution in [3.05, 3.63) is 59.2 Å². The molecule has 128 valence electrons. The summed E-state index contributed by atoms with van der Waals surface area (Å²) >= 11 is 1.44. The number of carboxylic acid groups (broad SMARTS) is 1. The molecule has 0 aliphatic rings. The minimum atomic E-state index is -4.03. The maximum absolute atomic E-state index is 12.0. The molecule has 0 radical (unpaired) electrons. The monoisotopic (exact) mass is 365 g/mol. The summed E-state index contributed by atoms with van der Waals surface area (Å²) in [4.78, 5) is 11.9. The van der Waals surface area contributed by atoms with E-state index in [2.05, 4.69) is 0 Å². The second-order valence-electron chi connectivity index (χ2n) is 5.31. The predicted octanol–water partition coefficient (Wildman–Crippen LogP) is 3.13. The van der Waals surface area contributed by atoms with E-state index < -0.39 is 16.0 Å². The van der Waals surface area contributed by atoms with Gasteiger partial charge >= 0.3 is 5.97 Å². The van der Waals surface area contributed by atoms with Gasteiger partial charge in [-0.05, 0) is 41.9 Å². The second-order valence-corrected chi connectivity index (χ2v) is 7.98. The van der Waals surface area contributed by atoms with Crippen LogP contribution in [0.4, 0.5) is 0 Å². The minimum absolute atomic E-state index is 0.0746. The summed E-state index contributed by atoms with van der Waals surface area (Å²) in [5.41, 5.74) is 1.41. The number of carboxylic acids is 1. The number of hydrogen-bond donors (Lipinski definition) is 2. The first-order chi connectivity index (χ1) is 11.3. The Labute approximate surface area is 145 Å². The lowest BCUT2D eigenvalue weighted by molar-refractivity contribution is 0.0696. The molecule has 3 N–H and O–H groups in total. The smallest absolute Gasteiger partial charge is 0.335 e. The van der Waals surface area contributed by atoms with Gasteiger partial charge in [0.15, 0.2) is 0 Å². The summed E-state index contributed by atoms with van der Waals surface area (Å²) in [5, 5.41) is 14.6. The lowest BCUT2D eigenvalue weighted by Crippen LogP contribution is -2.17. The first-order valence-electron chi connectivity index (χ1n) is 7.42. The molecule has 0 spiro atoms. The molecule has 0 heterocycles. The zero-order valence-corrected chi connectivity index (χ0v) is 14.9. The molecule has 0 saturated heterocycles. The standard InChI is InChI=1S/C17H19NO4S2/c1-2-8-23-15-10-13(17(19)20)11-16(24(18,21)22)14(15)9-12-6-4-3-5-7-12/h3-7,10-11H,2,8-9H2,1H3,(H,19,20)(H2,18,21,22). The van der Waals surface area contributed by atoms with Crippen LogP contribution in [0.1, 0.15) is 34.8 Å². The van der Waals surface area contributed by atoms with Gasteiger partial charge in [-0.25, -0.2) is 18.4 Å². The van der Waals surface area contributed by atoms with Gasteiger partial charge in [-0.1, -0.05) is 37.3 Å². The highest BCUT2D eigenvalue weighted by atomic mass is 32.2. The summed E-state index contributed by atoms with van der Waals surface area (Å²) in [6, 6.07) is 12.1. The van der Waals surface area contributed by atoms with E-state index in [0.29, 0.717) is 16.9 Å². The Balaban J connectivity index is 2.64. The largest absolute Gasteiger partial charge is 0.478 e. The molecule has 0 fully saturated rings. The van der Waals surface area contributed by atoms with Gasteiger partial charge in [0, 0.05) is 4.90 Å². The van der Waals surface area contributed by atoms with Crippen molar-refractivity contribution in [2.75, 3.05) is 5.75 Å². The highest BCUT2D eigenvalue weighted by Gasteiger charge is 2.21. The zero-order valence-electron chi connectivity index (χ0n) is 13.2. The fourth-order valence-corrected chi connectivity index (χ4v) is 4.18. The molecule has 0 bridgehead atoms. The van der Waals surface area contributed by atoms with Crippen LogP contribution < -0.4 is 5.14 Å². The van der Waals surface area contributed by atoms with Crippen LogP contribution in [0.5, 0.6) is 0 Å². The van der Waals surface area contributed by atoms with E-state index >= 15 is 0 Å². The number of sulfonamides is 1. The van der Waals surface area contributed by atoms with Crippen LogP contribution in [-0.4, -0.2) is 25.2 Å². The Hall–Kier alpha value is -1.83. The van der Waals surface area contributed by atoms with E-state index in [9.17, 15) is 18.3 Å².